The largest absolute Gasteiger partial charge is 0.399 e. The predicted octanol–water partition coefficient (Wildman–Crippen LogP) is 2.84. The Morgan fingerprint density at radius 3 is 1.64 bits per heavy atom. The summed E-state index contributed by atoms with van der Waals surface area (Å²) in [5.74, 6) is 0. The van der Waals surface area contributed by atoms with Crippen molar-refractivity contribution in [2.24, 2.45) is 11.1 Å². The van der Waals surface area contributed by atoms with Crippen LogP contribution in [0.15, 0.2) is 23.4 Å². The van der Waals surface area contributed by atoms with Crippen LogP contribution >= 0.6 is 0 Å². The van der Waals surface area contributed by atoms with E-state index in [2.05, 4.69) is 27.4 Å². The summed E-state index contributed by atoms with van der Waals surface area (Å²) in [5.41, 5.74) is 8.92. The molecule has 0 heterocycles. The third kappa shape index (κ3) is 2.79. The third-order valence-corrected chi connectivity index (χ3v) is 1.77. The highest BCUT2D eigenvalue weighted by Crippen LogP contribution is 2.28. The fourth-order valence-corrected chi connectivity index (χ4v) is 0.706. The lowest BCUT2D eigenvalue weighted by Crippen LogP contribution is -2.15. The van der Waals surface area contributed by atoms with Gasteiger partial charge in [0, 0.05) is 5.70 Å². The van der Waals surface area contributed by atoms with Crippen molar-refractivity contribution in [3.63, 3.8) is 0 Å². The minimum atomic E-state index is 0.0847. The number of hydrogen-bond donors (Lipinski definition) is 1. The summed E-state index contributed by atoms with van der Waals surface area (Å²) in [7, 11) is 0. The molecule has 0 radical (unpaired) electrons. The minimum absolute atomic E-state index is 0.0847. The lowest BCUT2D eigenvalue weighted by Gasteiger charge is -2.22. The molecule has 1 heteroatoms. The average Bonchev–Trinajstić information content (AvgIpc) is 1.82. The van der Waals surface area contributed by atoms with E-state index in [0.717, 1.165) is 16.8 Å². The van der Waals surface area contributed by atoms with Gasteiger partial charge in [-0.05, 0) is 24.8 Å². The molecule has 0 rings (SSSR count). The Kier molecular flexibility index (Phi) is 2.92. The summed E-state index contributed by atoms with van der Waals surface area (Å²) in [4.78, 5) is 0. The molecule has 0 amide bonds. The van der Waals surface area contributed by atoms with E-state index in [-0.39, 0.29) is 5.41 Å². The van der Waals surface area contributed by atoms with Crippen LogP contribution in [-0.2, 0) is 0 Å². The summed E-state index contributed by atoms with van der Waals surface area (Å²) in [6, 6.07) is 0. The molecule has 0 spiro atoms. The Bertz CT molecular complexity index is 187. The smallest absolute Gasteiger partial charge is 0.0332 e. The second-order valence-corrected chi connectivity index (χ2v) is 4.14. The molecule has 0 aromatic heterocycles. The molecular weight excluding hydrogens is 134 g/mol. The van der Waals surface area contributed by atoms with Gasteiger partial charge in [0.2, 0.25) is 0 Å². The molecule has 0 aliphatic rings. The molecule has 2 N–H and O–H groups in total. The summed E-state index contributed by atoms with van der Waals surface area (Å²) in [5, 5.41) is 0. The monoisotopic (exact) mass is 153 g/mol. The van der Waals surface area contributed by atoms with E-state index >= 15 is 0 Å². The molecule has 0 aromatic carbocycles. The van der Waals surface area contributed by atoms with Crippen molar-refractivity contribution in [2.45, 2.75) is 34.6 Å². The van der Waals surface area contributed by atoms with Gasteiger partial charge in [0.25, 0.3) is 0 Å². The molecule has 0 fully saturated rings. The topological polar surface area (TPSA) is 26.0 Å². The molecule has 64 valence electrons. The highest BCUT2D eigenvalue weighted by atomic mass is 14.6. The highest BCUT2D eigenvalue weighted by Gasteiger charge is 2.16. The fourth-order valence-electron chi connectivity index (χ4n) is 0.706. The standard InChI is InChI=1S/C10H19N/c1-7(2)9(11)8(3)10(4,5)6/h3,11H2,1-2,4-6H3. The Morgan fingerprint density at radius 2 is 1.55 bits per heavy atom. The van der Waals surface area contributed by atoms with Crippen LogP contribution in [0.2, 0.25) is 0 Å². The first-order valence-electron chi connectivity index (χ1n) is 3.89. The Balaban J connectivity index is 4.67. The summed E-state index contributed by atoms with van der Waals surface area (Å²) < 4.78 is 0. The Labute approximate surface area is 70.0 Å². The maximum absolute atomic E-state index is 5.83. The Hall–Kier alpha value is -0.720. The molecule has 0 aliphatic heterocycles. The zero-order chi connectivity index (χ0) is 9.23. The predicted molar refractivity (Wildman–Crippen MR) is 51.2 cm³/mol. The van der Waals surface area contributed by atoms with Gasteiger partial charge < -0.3 is 5.73 Å². The molecule has 1 nitrogen and oxygen atoms in total. The molecule has 0 saturated heterocycles. The van der Waals surface area contributed by atoms with E-state index < -0.39 is 0 Å². The molecule has 0 aromatic rings. The normalized spacial score (nSPS) is 11.0. The van der Waals surface area contributed by atoms with Crippen LogP contribution in [0.25, 0.3) is 0 Å². The molecule has 0 unspecified atom stereocenters. The second kappa shape index (κ2) is 3.12. The van der Waals surface area contributed by atoms with Gasteiger partial charge in [-0.15, -0.1) is 0 Å². The quantitative estimate of drug-likeness (QED) is 0.576. The molecule has 11 heavy (non-hydrogen) atoms. The van der Waals surface area contributed by atoms with Gasteiger partial charge >= 0.3 is 0 Å². The average molecular weight is 153 g/mol. The van der Waals surface area contributed by atoms with Crippen molar-refractivity contribution in [2.75, 3.05) is 0 Å². The first-order chi connectivity index (χ1) is 4.76. The number of allylic oxidation sites excluding steroid dienone is 2. The maximum atomic E-state index is 5.83. The van der Waals surface area contributed by atoms with E-state index in [1.54, 1.807) is 0 Å². The third-order valence-electron chi connectivity index (χ3n) is 1.77. The summed E-state index contributed by atoms with van der Waals surface area (Å²) in [6.07, 6.45) is 0. The molecule has 0 aliphatic carbocycles. The molecule has 0 bridgehead atoms. The lowest BCUT2D eigenvalue weighted by molar-refractivity contribution is 0.510. The molecular formula is C10H19N. The number of nitrogens with two attached hydrogens (primary N) is 1. The van der Waals surface area contributed by atoms with E-state index in [1.165, 1.54) is 0 Å². The van der Waals surface area contributed by atoms with Gasteiger partial charge in [-0.1, -0.05) is 32.9 Å². The van der Waals surface area contributed by atoms with Crippen LogP contribution in [0.1, 0.15) is 34.6 Å². The fraction of sp³-hybridized carbons (Fsp3) is 0.600. The van der Waals surface area contributed by atoms with E-state index in [4.69, 9.17) is 5.73 Å². The zero-order valence-electron chi connectivity index (χ0n) is 8.28. The molecule has 0 atom stereocenters. The van der Waals surface area contributed by atoms with Crippen LogP contribution in [0.5, 0.6) is 0 Å². The van der Waals surface area contributed by atoms with Gasteiger partial charge in [0.1, 0.15) is 0 Å². The van der Waals surface area contributed by atoms with Crippen molar-refractivity contribution in [3.8, 4) is 0 Å². The van der Waals surface area contributed by atoms with Crippen LogP contribution in [-0.4, -0.2) is 0 Å². The van der Waals surface area contributed by atoms with Crippen molar-refractivity contribution in [3.05, 3.63) is 23.4 Å². The van der Waals surface area contributed by atoms with Gasteiger partial charge in [0.15, 0.2) is 0 Å². The highest BCUT2D eigenvalue weighted by molar-refractivity contribution is 5.32. The van der Waals surface area contributed by atoms with Crippen molar-refractivity contribution in [1.82, 2.24) is 0 Å². The van der Waals surface area contributed by atoms with Crippen molar-refractivity contribution in [1.29, 1.82) is 0 Å². The van der Waals surface area contributed by atoms with E-state index in [0.29, 0.717) is 0 Å². The van der Waals surface area contributed by atoms with Gasteiger partial charge in [-0.25, -0.2) is 0 Å². The van der Waals surface area contributed by atoms with Crippen LogP contribution in [0, 0.1) is 5.41 Å². The van der Waals surface area contributed by atoms with Crippen LogP contribution in [0.3, 0.4) is 0 Å². The van der Waals surface area contributed by atoms with E-state index in [1.807, 2.05) is 13.8 Å². The summed E-state index contributed by atoms with van der Waals surface area (Å²) >= 11 is 0. The SMILES string of the molecule is C=C(C(N)=C(C)C)C(C)(C)C. The second-order valence-electron chi connectivity index (χ2n) is 4.14. The first kappa shape index (κ1) is 10.3. The number of hydrogen-bond acceptors (Lipinski definition) is 1. The lowest BCUT2D eigenvalue weighted by atomic mass is 9.85. The molecule has 0 saturated carbocycles. The van der Waals surface area contributed by atoms with Crippen molar-refractivity contribution < 1.29 is 0 Å². The zero-order valence-corrected chi connectivity index (χ0v) is 8.28. The summed E-state index contributed by atoms with van der Waals surface area (Å²) in [6.45, 7) is 14.3. The van der Waals surface area contributed by atoms with Crippen molar-refractivity contribution >= 4 is 0 Å². The van der Waals surface area contributed by atoms with Crippen LogP contribution in [0.4, 0.5) is 0 Å². The van der Waals surface area contributed by atoms with Gasteiger partial charge in [0.05, 0.1) is 0 Å². The number of rotatable bonds is 1. The van der Waals surface area contributed by atoms with Gasteiger partial charge in [-0.2, -0.15) is 0 Å². The van der Waals surface area contributed by atoms with Crippen LogP contribution < -0.4 is 5.73 Å². The minimum Gasteiger partial charge on any atom is -0.399 e. The first-order valence-corrected chi connectivity index (χ1v) is 3.89. The van der Waals surface area contributed by atoms with Gasteiger partial charge in [-0.3, -0.25) is 0 Å². The maximum Gasteiger partial charge on any atom is 0.0332 e. The Morgan fingerprint density at radius 1 is 1.18 bits per heavy atom. The van der Waals surface area contributed by atoms with E-state index in [9.17, 15) is 0 Å².